The molecule has 0 amide bonds. The van der Waals surface area contributed by atoms with Crippen molar-refractivity contribution < 1.29 is 28.9 Å². The van der Waals surface area contributed by atoms with Crippen LogP contribution in [0.2, 0.25) is 0 Å². The molecule has 118 valence electrons. The van der Waals surface area contributed by atoms with Crippen molar-refractivity contribution in [3.8, 4) is 11.5 Å². The molecule has 23 heavy (non-hydrogen) atoms. The summed E-state index contributed by atoms with van der Waals surface area (Å²) in [7, 11) is 1.38. The molecule has 2 aromatic rings. The van der Waals surface area contributed by atoms with E-state index in [-0.39, 0.29) is 28.2 Å². The fourth-order valence-electron chi connectivity index (χ4n) is 1.90. The highest BCUT2D eigenvalue weighted by Crippen LogP contribution is 2.21. The molecule has 0 radical (unpaired) electrons. The molecule has 2 aromatic carbocycles. The fraction of sp³-hybridized carbons (Fsp3) is 0.0588. The van der Waals surface area contributed by atoms with Gasteiger partial charge < -0.3 is 14.9 Å². The molecular formula is C17H13FO5. The van der Waals surface area contributed by atoms with Crippen molar-refractivity contribution in [3.63, 3.8) is 0 Å². The van der Waals surface area contributed by atoms with E-state index in [2.05, 4.69) is 0 Å². The van der Waals surface area contributed by atoms with Crippen LogP contribution in [0.3, 0.4) is 0 Å². The Morgan fingerprint density at radius 2 is 1.91 bits per heavy atom. The molecule has 0 heterocycles. The zero-order valence-corrected chi connectivity index (χ0v) is 12.1. The number of phenols is 1. The lowest BCUT2D eigenvalue weighted by molar-refractivity contribution is 0.0696. The molecule has 0 saturated carbocycles. The highest BCUT2D eigenvalue weighted by Gasteiger charge is 2.11. The number of methoxy groups -OCH3 is 1. The number of ether oxygens (including phenoxy) is 1. The second-order valence-corrected chi connectivity index (χ2v) is 4.62. The molecule has 0 fully saturated rings. The van der Waals surface area contributed by atoms with Crippen molar-refractivity contribution in [1.82, 2.24) is 0 Å². The first-order valence-electron chi connectivity index (χ1n) is 6.54. The number of aromatic carboxylic acids is 1. The van der Waals surface area contributed by atoms with Gasteiger partial charge in [-0.15, -0.1) is 0 Å². The lowest BCUT2D eigenvalue weighted by Crippen LogP contribution is -1.99. The van der Waals surface area contributed by atoms with E-state index in [4.69, 9.17) is 9.84 Å². The Kier molecular flexibility index (Phi) is 4.75. The lowest BCUT2D eigenvalue weighted by Gasteiger charge is -2.03. The molecule has 0 saturated heterocycles. The van der Waals surface area contributed by atoms with Gasteiger partial charge in [0.05, 0.1) is 18.2 Å². The Bertz CT molecular complexity index is 796. The van der Waals surface area contributed by atoms with Crippen molar-refractivity contribution in [2.45, 2.75) is 0 Å². The average Bonchev–Trinajstić information content (AvgIpc) is 2.53. The second kappa shape index (κ2) is 6.74. The quantitative estimate of drug-likeness (QED) is 0.654. The van der Waals surface area contributed by atoms with Gasteiger partial charge in [-0.05, 0) is 42.5 Å². The maximum Gasteiger partial charge on any atom is 0.335 e. The van der Waals surface area contributed by atoms with Gasteiger partial charge in [-0.1, -0.05) is 0 Å². The second-order valence-electron chi connectivity index (χ2n) is 4.62. The molecule has 0 aliphatic rings. The molecule has 0 spiro atoms. The summed E-state index contributed by atoms with van der Waals surface area (Å²) in [4.78, 5) is 22.9. The molecule has 2 rings (SSSR count). The van der Waals surface area contributed by atoms with Gasteiger partial charge in [0.1, 0.15) is 17.3 Å². The smallest absolute Gasteiger partial charge is 0.335 e. The zero-order valence-electron chi connectivity index (χ0n) is 12.1. The zero-order chi connectivity index (χ0) is 17.0. The van der Waals surface area contributed by atoms with Gasteiger partial charge in [-0.2, -0.15) is 0 Å². The molecule has 5 nitrogen and oxygen atoms in total. The van der Waals surface area contributed by atoms with E-state index in [0.29, 0.717) is 0 Å². The van der Waals surface area contributed by atoms with E-state index in [1.807, 2.05) is 0 Å². The number of allylic oxidation sites excluding steroid dienone is 1. The van der Waals surface area contributed by atoms with Gasteiger partial charge in [0, 0.05) is 11.6 Å². The fourth-order valence-corrected chi connectivity index (χ4v) is 1.90. The molecule has 0 aliphatic heterocycles. The maximum atomic E-state index is 13.8. The summed E-state index contributed by atoms with van der Waals surface area (Å²) in [5, 5.41) is 18.6. The van der Waals surface area contributed by atoms with E-state index in [1.165, 1.54) is 43.5 Å². The number of carbonyl (C=O) groups is 2. The molecule has 0 bridgehead atoms. The van der Waals surface area contributed by atoms with E-state index >= 15 is 0 Å². The number of hydrogen-bond donors (Lipinski definition) is 2. The molecule has 0 atom stereocenters. The molecule has 6 heteroatoms. The van der Waals surface area contributed by atoms with Crippen molar-refractivity contribution in [1.29, 1.82) is 0 Å². The Hall–Kier alpha value is -3.15. The summed E-state index contributed by atoms with van der Waals surface area (Å²) in [5.74, 6) is -2.41. The SMILES string of the molecule is COc1ccc(C(=O)/C=C/c2cc(C(=O)O)ccc2O)c(F)c1. The number of ketones is 1. The van der Waals surface area contributed by atoms with E-state index in [1.54, 1.807) is 0 Å². The number of carboxylic acid groups (broad SMARTS) is 1. The van der Waals surface area contributed by atoms with Crippen LogP contribution in [0.1, 0.15) is 26.3 Å². The molecule has 0 unspecified atom stereocenters. The number of phenolic OH excluding ortho intramolecular Hbond substituents is 1. The van der Waals surface area contributed by atoms with E-state index in [9.17, 15) is 19.1 Å². The molecule has 2 N–H and O–H groups in total. The number of halogens is 1. The first kappa shape index (κ1) is 16.2. The van der Waals surface area contributed by atoms with Crippen LogP contribution in [0.15, 0.2) is 42.5 Å². The lowest BCUT2D eigenvalue weighted by atomic mass is 10.1. The van der Waals surface area contributed by atoms with Crippen molar-refractivity contribution in [2.24, 2.45) is 0 Å². The summed E-state index contributed by atoms with van der Waals surface area (Å²) in [6.45, 7) is 0. The Balaban J connectivity index is 2.28. The summed E-state index contributed by atoms with van der Waals surface area (Å²) < 4.78 is 18.7. The summed E-state index contributed by atoms with van der Waals surface area (Å²) in [6.07, 6.45) is 2.29. The van der Waals surface area contributed by atoms with E-state index in [0.717, 1.165) is 12.1 Å². The molecular weight excluding hydrogens is 303 g/mol. The van der Waals surface area contributed by atoms with Gasteiger partial charge in [0.2, 0.25) is 0 Å². The highest BCUT2D eigenvalue weighted by atomic mass is 19.1. The number of hydrogen-bond acceptors (Lipinski definition) is 4. The van der Waals surface area contributed by atoms with Crippen LogP contribution in [0.5, 0.6) is 11.5 Å². The Morgan fingerprint density at radius 3 is 2.52 bits per heavy atom. The van der Waals surface area contributed by atoms with Gasteiger partial charge in [-0.3, -0.25) is 4.79 Å². The summed E-state index contributed by atoms with van der Waals surface area (Å²) in [5.41, 5.74) is -0.0476. The number of carboxylic acids is 1. The van der Waals surface area contributed by atoms with Crippen LogP contribution in [0.4, 0.5) is 4.39 Å². The van der Waals surface area contributed by atoms with Crippen molar-refractivity contribution >= 4 is 17.8 Å². The average molecular weight is 316 g/mol. The van der Waals surface area contributed by atoms with Gasteiger partial charge in [0.15, 0.2) is 5.78 Å². The van der Waals surface area contributed by atoms with Crippen molar-refractivity contribution in [3.05, 3.63) is 65.0 Å². The third-order valence-electron chi connectivity index (χ3n) is 3.13. The van der Waals surface area contributed by atoms with Crippen LogP contribution >= 0.6 is 0 Å². The van der Waals surface area contributed by atoms with E-state index < -0.39 is 17.6 Å². The third kappa shape index (κ3) is 3.74. The first-order chi connectivity index (χ1) is 10.9. The largest absolute Gasteiger partial charge is 0.507 e. The first-order valence-corrected chi connectivity index (χ1v) is 6.54. The van der Waals surface area contributed by atoms with Gasteiger partial charge in [-0.25, -0.2) is 9.18 Å². The minimum atomic E-state index is -1.16. The topological polar surface area (TPSA) is 83.8 Å². The van der Waals surface area contributed by atoms with Crippen LogP contribution in [-0.4, -0.2) is 29.1 Å². The maximum absolute atomic E-state index is 13.8. The van der Waals surface area contributed by atoms with Crippen LogP contribution in [-0.2, 0) is 0 Å². The number of carbonyl (C=O) groups excluding carboxylic acids is 1. The van der Waals surface area contributed by atoms with Gasteiger partial charge >= 0.3 is 5.97 Å². The minimum absolute atomic E-state index is 0.0365. The van der Waals surface area contributed by atoms with Crippen LogP contribution in [0.25, 0.3) is 6.08 Å². The Morgan fingerprint density at radius 1 is 1.17 bits per heavy atom. The summed E-state index contributed by atoms with van der Waals surface area (Å²) >= 11 is 0. The molecule has 0 aliphatic carbocycles. The minimum Gasteiger partial charge on any atom is -0.507 e. The molecule has 0 aromatic heterocycles. The Labute approximate surface area is 131 Å². The predicted octanol–water partition coefficient (Wildman–Crippen LogP) is 3.13. The monoisotopic (exact) mass is 316 g/mol. The highest BCUT2D eigenvalue weighted by molar-refractivity contribution is 6.07. The van der Waals surface area contributed by atoms with Crippen LogP contribution < -0.4 is 4.74 Å². The number of aromatic hydroxyl groups is 1. The van der Waals surface area contributed by atoms with Crippen molar-refractivity contribution in [2.75, 3.05) is 7.11 Å². The van der Waals surface area contributed by atoms with Crippen LogP contribution in [0, 0.1) is 5.82 Å². The summed E-state index contributed by atoms with van der Waals surface area (Å²) in [6, 6.07) is 7.48. The van der Waals surface area contributed by atoms with Gasteiger partial charge in [0.25, 0.3) is 0 Å². The number of benzene rings is 2. The standard InChI is InChI=1S/C17H13FO5/c1-23-12-4-5-13(14(18)9-12)16(20)7-2-10-8-11(17(21)22)3-6-15(10)19/h2-9,19H,1H3,(H,21,22)/b7-2+. The third-order valence-corrected chi connectivity index (χ3v) is 3.13. The predicted molar refractivity (Wildman–Crippen MR) is 81.4 cm³/mol. The normalized spacial score (nSPS) is 10.7. The number of rotatable bonds is 5.